The Hall–Kier alpha value is 0.110. The summed E-state index contributed by atoms with van der Waals surface area (Å²) in [6, 6.07) is 0. The number of carbonyl (C=O) groups is 1. The molecule has 0 aromatic carbocycles. The van der Waals surface area contributed by atoms with Gasteiger partial charge in [0.2, 0.25) is 5.12 Å². The minimum Gasteiger partial charge on any atom is -0.282 e. The molecule has 1 aliphatic heterocycles. The van der Waals surface area contributed by atoms with Crippen molar-refractivity contribution in [1.29, 1.82) is 0 Å². The quantitative estimate of drug-likeness (QED) is 0.547. The summed E-state index contributed by atoms with van der Waals surface area (Å²) in [5.41, 5.74) is 0.969. The van der Waals surface area contributed by atoms with Gasteiger partial charge in [-0.05, 0) is 24.2 Å². The Kier molecular flexibility index (Phi) is 4.22. The fraction of sp³-hybridized carbons (Fsp3) is 0.667. The van der Waals surface area contributed by atoms with E-state index in [0.717, 1.165) is 41.9 Å². The summed E-state index contributed by atoms with van der Waals surface area (Å²) in [4.78, 5) is 12.4. The van der Waals surface area contributed by atoms with E-state index in [4.69, 9.17) is 0 Å². The smallest absolute Gasteiger partial charge is 0.216 e. The van der Waals surface area contributed by atoms with E-state index in [1.807, 2.05) is 0 Å². The molecule has 0 saturated carbocycles. The van der Waals surface area contributed by atoms with Crippen LogP contribution < -0.4 is 0 Å². The van der Waals surface area contributed by atoms with Crippen molar-refractivity contribution in [2.45, 2.75) is 32.6 Å². The van der Waals surface area contributed by atoms with Crippen molar-refractivity contribution in [3.63, 3.8) is 0 Å². The van der Waals surface area contributed by atoms with Gasteiger partial charge in [0, 0.05) is 11.3 Å². The molecule has 0 radical (unpaired) electrons. The number of rotatable bonds is 2. The molecule has 3 heteroatoms. The Morgan fingerprint density at radius 3 is 3.00 bits per heavy atom. The molecule has 1 nitrogen and oxygen atoms in total. The van der Waals surface area contributed by atoms with E-state index < -0.39 is 0 Å². The van der Waals surface area contributed by atoms with Crippen LogP contribution in [0.5, 0.6) is 0 Å². The molecule has 1 fully saturated rings. The molecule has 1 aliphatic rings. The zero-order valence-electron chi connectivity index (χ0n) is 7.30. The number of thioether (sulfide) groups is 1. The highest BCUT2D eigenvalue weighted by Crippen LogP contribution is 2.29. The molecule has 0 spiro atoms. The number of hydrogen-bond donors (Lipinski definition) is 1. The predicted octanol–water partition coefficient (Wildman–Crippen LogP) is 3.02. The van der Waals surface area contributed by atoms with Crippen LogP contribution in [0.2, 0.25) is 0 Å². The Morgan fingerprint density at radius 2 is 2.42 bits per heavy atom. The summed E-state index contributed by atoms with van der Waals surface area (Å²) >= 11 is 5.79. The molecule has 1 heterocycles. The second-order valence-corrected chi connectivity index (χ2v) is 4.52. The minimum atomic E-state index is 0.250. The zero-order valence-corrected chi connectivity index (χ0v) is 9.01. The highest BCUT2D eigenvalue weighted by Gasteiger charge is 2.17. The van der Waals surface area contributed by atoms with Crippen LogP contribution in [0, 0.1) is 0 Å². The van der Waals surface area contributed by atoms with Crippen LogP contribution in [0.1, 0.15) is 32.6 Å². The third-order valence-corrected chi connectivity index (χ3v) is 3.38. The van der Waals surface area contributed by atoms with Gasteiger partial charge < -0.3 is 0 Å². The zero-order chi connectivity index (χ0) is 8.97. The SMILES string of the molecule is CCC/C(S)=C1\CCCSC1=O. The molecular weight excluding hydrogens is 188 g/mol. The lowest BCUT2D eigenvalue weighted by molar-refractivity contribution is -0.108. The third kappa shape index (κ3) is 2.56. The highest BCUT2D eigenvalue weighted by atomic mass is 32.2. The van der Waals surface area contributed by atoms with E-state index in [9.17, 15) is 4.79 Å². The maximum atomic E-state index is 11.4. The van der Waals surface area contributed by atoms with Gasteiger partial charge in [-0.25, -0.2) is 0 Å². The van der Waals surface area contributed by atoms with Crippen molar-refractivity contribution in [3.05, 3.63) is 10.5 Å². The van der Waals surface area contributed by atoms with Gasteiger partial charge in [0.15, 0.2) is 0 Å². The third-order valence-electron chi connectivity index (χ3n) is 1.89. The van der Waals surface area contributed by atoms with Gasteiger partial charge >= 0.3 is 0 Å². The van der Waals surface area contributed by atoms with Crippen molar-refractivity contribution >= 4 is 29.5 Å². The molecule has 1 rings (SSSR count). The normalized spacial score (nSPS) is 22.7. The number of thiol groups is 1. The molecule has 0 aromatic heterocycles. The molecule has 1 saturated heterocycles. The molecule has 0 atom stereocenters. The van der Waals surface area contributed by atoms with Crippen LogP contribution in [0.15, 0.2) is 10.5 Å². The van der Waals surface area contributed by atoms with Gasteiger partial charge in [-0.3, -0.25) is 4.79 Å². The van der Waals surface area contributed by atoms with E-state index >= 15 is 0 Å². The van der Waals surface area contributed by atoms with Crippen LogP contribution in [0.3, 0.4) is 0 Å². The largest absolute Gasteiger partial charge is 0.282 e. The minimum absolute atomic E-state index is 0.250. The number of allylic oxidation sites excluding steroid dienone is 1. The molecule has 0 N–H and O–H groups in total. The fourth-order valence-electron chi connectivity index (χ4n) is 1.25. The van der Waals surface area contributed by atoms with Crippen molar-refractivity contribution in [1.82, 2.24) is 0 Å². The van der Waals surface area contributed by atoms with Crippen molar-refractivity contribution in [3.8, 4) is 0 Å². The molecular formula is C9H14OS2. The van der Waals surface area contributed by atoms with Gasteiger partial charge in [0.25, 0.3) is 0 Å². The van der Waals surface area contributed by atoms with Crippen LogP contribution in [0.25, 0.3) is 0 Å². The lowest BCUT2D eigenvalue weighted by Gasteiger charge is -2.14. The molecule has 12 heavy (non-hydrogen) atoms. The van der Waals surface area contributed by atoms with E-state index in [1.54, 1.807) is 0 Å². The molecule has 0 bridgehead atoms. The van der Waals surface area contributed by atoms with Gasteiger partial charge in [-0.1, -0.05) is 25.1 Å². The molecule has 68 valence electrons. The summed E-state index contributed by atoms with van der Waals surface area (Å²) in [5, 5.41) is 0.250. The molecule has 0 aliphatic carbocycles. The van der Waals surface area contributed by atoms with Crippen LogP contribution in [0.4, 0.5) is 0 Å². The van der Waals surface area contributed by atoms with Gasteiger partial charge in [-0.2, -0.15) is 0 Å². The van der Waals surface area contributed by atoms with E-state index in [2.05, 4.69) is 19.6 Å². The average molecular weight is 202 g/mol. The second-order valence-electron chi connectivity index (χ2n) is 2.91. The Bertz CT molecular complexity index is 209. The van der Waals surface area contributed by atoms with Crippen molar-refractivity contribution in [2.24, 2.45) is 0 Å². The van der Waals surface area contributed by atoms with E-state index in [1.165, 1.54) is 11.8 Å². The van der Waals surface area contributed by atoms with Crippen molar-refractivity contribution in [2.75, 3.05) is 5.75 Å². The van der Waals surface area contributed by atoms with Crippen molar-refractivity contribution < 1.29 is 4.79 Å². The van der Waals surface area contributed by atoms with Crippen LogP contribution in [-0.2, 0) is 4.79 Å². The molecule has 0 unspecified atom stereocenters. The van der Waals surface area contributed by atoms with Crippen LogP contribution >= 0.6 is 24.4 Å². The van der Waals surface area contributed by atoms with E-state index in [-0.39, 0.29) is 5.12 Å². The summed E-state index contributed by atoms with van der Waals surface area (Å²) in [7, 11) is 0. The van der Waals surface area contributed by atoms with E-state index in [0.29, 0.717) is 0 Å². The fourth-order valence-corrected chi connectivity index (χ4v) is 2.64. The molecule has 0 aromatic rings. The Labute approximate surface area is 83.4 Å². The predicted molar refractivity (Wildman–Crippen MR) is 57.6 cm³/mol. The lowest BCUT2D eigenvalue weighted by Crippen LogP contribution is -2.07. The van der Waals surface area contributed by atoms with Crippen LogP contribution in [-0.4, -0.2) is 10.9 Å². The Balaban J connectivity index is 2.68. The second kappa shape index (κ2) is 4.97. The number of hydrogen-bond acceptors (Lipinski definition) is 3. The monoisotopic (exact) mass is 202 g/mol. The maximum absolute atomic E-state index is 11.4. The Morgan fingerprint density at radius 1 is 1.67 bits per heavy atom. The highest BCUT2D eigenvalue weighted by molar-refractivity contribution is 8.14. The van der Waals surface area contributed by atoms with Gasteiger partial charge in [0.05, 0.1) is 0 Å². The average Bonchev–Trinajstić information content (AvgIpc) is 2.05. The summed E-state index contributed by atoms with van der Waals surface area (Å²) in [5.74, 6) is 0.982. The standard InChI is InChI=1S/C9H14OS2/c1-2-4-8(11)7-5-3-6-12-9(7)10/h11H,2-6H2,1H3/b8-7-. The first kappa shape index (κ1) is 10.2. The van der Waals surface area contributed by atoms with Gasteiger partial charge in [-0.15, -0.1) is 12.6 Å². The topological polar surface area (TPSA) is 17.1 Å². The first-order valence-corrected chi connectivity index (χ1v) is 5.77. The van der Waals surface area contributed by atoms with Gasteiger partial charge in [0.1, 0.15) is 0 Å². The lowest BCUT2D eigenvalue weighted by atomic mass is 10.1. The first-order valence-electron chi connectivity index (χ1n) is 4.33. The maximum Gasteiger partial charge on any atom is 0.216 e. The first-order chi connectivity index (χ1) is 5.75. The summed E-state index contributed by atoms with van der Waals surface area (Å²) in [6.45, 7) is 2.11. The molecule has 0 amide bonds. The summed E-state index contributed by atoms with van der Waals surface area (Å²) < 4.78 is 0. The number of carbonyl (C=O) groups excluding carboxylic acids is 1. The summed E-state index contributed by atoms with van der Waals surface area (Å²) in [6.07, 6.45) is 4.08.